The normalized spacial score (nSPS) is 19.7. The first-order chi connectivity index (χ1) is 25.2. The van der Waals surface area contributed by atoms with Crippen LogP contribution in [0, 0.1) is 0 Å². The number of nitrogens with one attached hydrogen (secondary N) is 6. The molecule has 2 rings (SSSR count). The van der Waals surface area contributed by atoms with Crippen molar-refractivity contribution in [1.82, 2.24) is 31.9 Å². The van der Waals surface area contributed by atoms with Crippen LogP contribution in [0.5, 0.6) is 0 Å². The average molecular weight is 753 g/mol. The third kappa shape index (κ3) is 22.4. The number of hydrogen-bond donors (Lipinski definition) is 6. The Balaban J connectivity index is 0.00000211. The Kier molecular flexibility index (Phi) is 23.4. The quantitative estimate of drug-likeness (QED) is 0.126. The summed E-state index contributed by atoms with van der Waals surface area (Å²) >= 11 is 0. The molecular weight excluding hydrogens is 688 g/mol. The Labute approximate surface area is 314 Å². The summed E-state index contributed by atoms with van der Waals surface area (Å²) in [6.07, 6.45) is 11.6. The van der Waals surface area contributed by atoms with Gasteiger partial charge in [0.25, 0.3) is 5.91 Å². The molecule has 302 valence electrons. The minimum absolute atomic E-state index is 0.103. The number of ketones is 1. The second-order valence-electron chi connectivity index (χ2n) is 14.4. The number of alkyl carbamates (subject to hydrolysis) is 1. The van der Waals surface area contributed by atoms with E-state index >= 15 is 0 Å². The van der Waals surface area contributed by atoms with Gasteiger partial charge in [-0.2, -0.15) is 0 Å². The van der Waals surface area contributed by atoms with E-state index < -0.39 is 78.3 Å². The second kappa shape index (κ2) is 26.5. The molecule has 0 aromatic carbocycles. The minimum atomic E-state index is -1.22. The molecule has 2 fully saturated rings. The van der Waals surface area contributed by atoms with Crippen LogP contribution in [-0.4, -0.2) is 97.3 Å². The third-order valence-corrected chi connectivity index (χ3v) is 8.28. The Morgan fingerprint density at radius 3 is 2.09 bits per heavy atom. The van der Waals surface area contributed by atoms with Crippen LogP contribution in [0.1, 0.15) is 137 Å². The van der Waals surface area contributed by atoms with Gasteiger partial charge in [0.05, 0.1) is 19.2 Å². The topological polar surface area (TPSA) is 227 Å². The van der Waals surface area contributed by atoms with E-state index in [0.29, 0.717) is 38.6 Å². The standard InChI is InChI=1S/C31H52N6O10.C6H12/c1-6-8-12-20(26(41)29(44)34-19-25(40)46-17-7-2)36-28(43)22-13-9-10-16-32-23(38)15-11-14-21(27(42)33-18-24(39)35-22)37-30(45)47-31(3,4)5;1-2-4-6-5-3-1/h20-22H,6-19H2,1-5H3,(H,32,38)(H,33,42)(H,34,44)(H,35,39)(H,36,43)(H,37,45);1-6H2. The van der Waals surface area contributed by atoms with Gasteiger partial charge in [0, 0.05) is 13.0 Å². The first kappa shape index (κ1) is 46.8. The van der Waals surface area contributed by atoms with Gasteiger partial charge >= 0.3 is 12.1 Å². The zero-order valence-electron chi connectivity index (χ0n) is 32.5. The van der Waals surface area contributed by atoms with Gasteiger partial charge in [-0.05, 0) is 65.7 Å². The maximum atomic E-state index is 13.4. The number of carbonyl (C=O) groups excluding carboxylic acids is 8. The van der Waals surface area contributed by atoms with Gasteiger partial charge in [0.2, 0.25) is 29.4 Å². The summed E-state index contributed by atoms with van der Waals surface area (Å²) in [6.45, 7) is 8.12. The van der Waals surface area contributed by atoms with Crippen molar-refractivity contribution in [3.05, 3.63) is 0 Å². The van der Waals surface area contributed by atoms with E-state index in [9.17, 15) is 38.4 Å². The van der Waals surface area contributed by atoms with Crippen molar-refractivity contribution in [2.75, 3.05) is 26.2 Å². The molecule has 53 heavy (non-hydrogen) atoms. The highest BCUT2D eigenvalue weighted by molar-refractivity contribution is 6.38. The Morgan fingerprint density at radius 1 is 0.830 bits per heavy atom. The number of Topliss-reactive ketones (excluding diaryl/α,β-unsaturated/α-hetero) is 1. The molecule has 3 atom stereocenters. The van der Waals surface area contributed by atoms with Crippen LogP contribution in [-0.2, 0) is 43.0 Å². The maximum Gasteiger partial charge on any atom is 0.408 e. The van der Waals surface area contributed by atoms with Gasteiger partial charge in [-0.25, -0.2) is 4.79 Å². The molecule has 1 aliphatic carbocycles. The van der Waals surface area contributed by atoms with Crippen LogP contribution in [0.3, 0.4) is 0 Å². The molecule has 0 aromatic heterocycles. The molecule has 0 aromatic rings. The molecule has 3 unspecified atom stereocenters. The lowest BCUT2D eigenvalue weighted by molar-refractivity contribution is -0.146. The molecule has 0 spiro atoms. The summed E-state index contributed by atoms with van der Waals surface area (Å²) in [5, 5.41) is 15.0. The predicted octanol–water partition coefficient (Wildman–Crippen LogP) is 2.61. The number of amides is 6. The highest BCUT2D eigenvalue weighted by Crippen LogP contribution is 2.15. The van der Waals surface area contributed by atoms with Crippen LogP contribution in [0.15, 0.2) is 0 Å². The monoisotopic (exact) mass is 752 g/mol. The van der Waals surface area contributed by atoms with Gasteiger partial charge in [0.15, 0.2) is 0 Å². The molecule has 0 radical (unpaired) electrons. The number of carbonyl (C=O) groups is 8. The minimum Gasteiger partial charge on any atom is -0.464 e. The summed E-state index contributed by atoms with van der Waals surface area (Å²) < 4.78 is 10.1. The number of unbranched alkanes of at least 4 members (excludes halogenated alkanes) is 1. The highest BCUT2D eigenvalue weighted by atomic mass is 16.6. The van der Waals surface area contributed by atoms with Crippen LogP contribution in [0.4, 0.5) is 4.79 Å². The van der Waals surface area contributed by atoms with Gasteiger partial charge < -0.3 is 41.4 Å². The van der Waals surface area contributed by atoms with Gasteiger partial charge in [-0.1, -0.05) is 65.2 Å². The van der Waals surface area contributed by atoms with Crippen molar-refractivity contribution >= 4 is 47.4 Å². The number of esters is 1. The van der Waals surface area contributed by atoms with E-state index in [4.69, 9.17) is 9.47 Å². The van der Waals surface area contributed by atoms with Gasteiger partial charge in [-0.15, -0.1) is 0 Å². The van der Waals surface area contributed by atoms with E-state index in [-0.39, 0.29) is 44.6 Å². The third-order valence-electron chi connectivity index (χ3n) is 8.28. The lowest BCUT2D eigenvalue weighted by Crippen LogP contribution is -2.55. The lowest BCUT2D eigenvalue weighted by atomic mass is 10.0. The largest absolute Gasteiger partial charge is 0.464 e. The summed E-state index contributed by atoms with van der Waals surface area (Å²) in [4.78, 5) is 101. The summed E-state index contributed by atoms with van der Waals surface area (Å²) in [7, 11) is 0. The van der Waals surface area contributed by atoms with Crippen LogP contribution >= 0.6 is 0 Å². The fourth-order valence-electron chi connectivity index (χ4n) is 5.45. The molecule has 2 aliphatic rings. The predicted molar refractivity (Wildman–Crippen MR) is 197 cm³/mol. The molecule has 16 heteroatoms. The summed E-state index contributed by atoms with van der Waals surface area (Å²) in [5.74, 6) is -5.06. The zero-order valence-corrected chi connectivity index (χ0v) is 32.5. The molecule has 1 saturated heterocycles. The molecule has 6 N–H and O–H groups in total. The smallest absolute Gasteiger partial charge is 0.408 e. The maximum absolute atomic E-state index is 13.4. The first-order valence-electron chi connectivity index (χ1n) is 19.3. The zero-order chi connectivity index (χ0) is 39.6. The number of rotatable bonds is 12. The SMILES string of the molecule is C1CCCCC1.CCCCC(NC(=O)C1CCCCNC(=O)CCCC(NC(=O)OC(C)(C)C)C(=O)NCC(=O)N1)C(=O)C(=O)NCC(=O)OCCC. The Morgan fingerprint density at radius 2 is 1.49 bits per heavy atom. The van der Waals surface area contributed by atoms with Crippen molar-refractivity contribution in [2.24, 2.45) is 0 Å². The van der Waals surface area contributed by atoms with E-state index in [1.54, 1.807) is 20.8 Å². The number of ether oxygens (including phenoxy) is 2. The molecule has 6 amide bonds. The Hall–Kier alpha value is -4.24. The van der Waals surface area contributed by atoms with Crippen molar-refractivity contribution in [3.8, 4) is 0 Å². The van der Waals surface area contributed by atoms with Crippen LogP contribution in [0.25, 0.3) is 0 Å². The van der Waals surface area contributed by atoms with E-state index in [1.807, 2.05) is 13.8 Å². The lowest BCUT2D eigenvalue weighted by Gasteiger charge is -2.24. The van der Waals surface area contributed by atoms with Crippen molar-refractivity contribution in [3.63, 3.8) is 0 Å². The summed E-state index contributed by atoms with van der Waals surface area (Å²) in [6, 6.07) is -3.45. The molecule has 1 aliphatic heterocycles. The fraction of sp³-hybridized carbons (Fsp3) is 0.784. The molecule has 1 saturated carbocycles. The first-order valence-corrected chi connectivity index (χ1v) is 19.3. The molecular formula is C37H64N6O10. The Bertz CT molecular complexity index is 1190. The van der Waals surface area contributed by atoms with Crippen LogP contribution in [0.2, 0.25) is 0 Å². The second-order valence-corrected chi connectivity index (χ2v) is 14.4. The van der Waals surface area contributed by atoms with Crippen molar-refractivity contribution in [2.45, 2.75) is 161 Å². The van der Waals surface area contributed by atoms with Crippen LogP contribution < -0.4 is 31.9 Å². The highest BCUT2D eigenvalue weighted by Gasteiger charge is 2.31. The van der Waals surface area contributed by atoms with Crippen molar-refractivity contribution in [1.29, 1.82) is 0 Å². The van der Waals surface area contributed by atoms with E-state index in [0.717, 1.165) is 0 Å². The molecule has 16 nitrogen and oxygen atoms in total. The fourth-order valence-corrected chi connectivity index (χ4v) is 5.45. The van der Waals surface area contributed by atoms with Gasteiger partial charge in [-0.3, -0.25) is 33.6 Å². The number of hydrogen-bond acceptors (Lipinski definition) is 10. The van der Waals surface area contributed by atoms with E-state index in [1.165, 1.54) is 38.5 Å². The van der Waals surface area contributed by atoms with E-state index in [2.05, 4.69) is 31.9 Å². The van der Waals surface area contributed by atoms with Gasteiger partial charge in [0.1, 0.15) is 24.2 Å². The summed E-state index contributed by atoms with van der Waals surface area (Å²) in [5.41, 5.74) is -0.819. The van der Waals surface area contributed by atoms with Crippen molar-refractivity contribution < 1.29 is 47.8 Å². The molecule has 0 bridgehead atoms. The average Bonchev–Trinajstić information content (AvgIpc) is 3.11. The molecule has 1 heterocycles.